The second kappa shape index (κ2) is 13.8. The van der Waals surface area contributed by atoms with Crippen LogP contribution < -0.4 is 5.32 Å². The maximum atomic E-state index is 14.1. The van der Waals surface area contributed by atoms with E-state index >= 15 is 0 Å². The van der Waals surface area contributed by atoms with Crippen LogP contribution in [0.4, 0.5) is 5.69 Å². The van der Waals surface area contributed by atoms with Gasteiger partial charge in [-0.05, 0) is 48.4 Å². The van der Waals surface area contributed by atoms with Crippen LogP contribution in [0, 0.1) is 0 Å². The highest BCUT2D eigenvalue weighted by molar-refractivity contribution is 6.31. The smallest absolute Gasteiger partial charge is 0.237 e. The number of nitrogens with zero attached hydrogens (tertiary/aromatic N) is 4. The summed E-state index contributed by atoms with van der Waals surface area (Å²) in [5.41, 5.74) is 4.15. The minimum absolute atomic E-state index is 0.143. The molecule has 2 heterocycles. The number of amides is 1. The third-order valence-corrected chi connectivity index (χ3v) is 7.96. The molecule has 1 amide bonds. The summed E-state index contributed by atoms with van der Waals surface area (Å²) in [5, 5.41) is 5.29. The molecule has 1 saturated heterocycles. The van der Waals surface area contributed by atoms with Crippen LogP contribution >= 0.6 is 11.6 Å². The first-order valence-electron chi connectivity index (χ1n) is 14.2. The lowest BCUT2D eigenvalue weighted by Gasteiger charge is -2.37. The molecule has 0 saturated carbocycles. The standard InChI is InChI=1S/C33H38ClN5O/c1-2-37-20-22-38(23-21-37)25-32(40)39(33(26-10-5-3-6-11-26)27-12-7-4-8-13-27)19-9-17-35-30-16-18-36-31-24-28(34)14-15-29(30)31/h3-8,10-16,18,24,33H,2,9,17,19-23,25H2,1H3,(H,35,36). The average Bonchev–Trinajstić information content (AvgIpc) is 2.99. The average molecular weight is 556 g/mol. The number of nitrogens with one attached hydrogen (secondary N) is 1. The molecule has 7 heteroatoms. The van der Waals surface area contributed by atoms with E-state index in [1.54, 1.807) is 6.20 Å². The number of hydrogen-bond acceptors (Lipinski definition) is 5. The quantitative estimate of drug-likeness (QED) is 0.232. The van der Waals surface area contributed by atoms with Crippen molar-refractivity contribution < 1.29 is 4.79 Å². The maximum absolute atomic E-state index is 14.1. The molecule has 0 bridgehead atoms. The molecule has 5 rings (SSSR count). The Morgan fingerprint density at radius 3 is 2.23 bits per heavy atom. The molecular weight excluding hydrogens is 518 g/mol. The summed E-state index contributed by atoms with van der Waals surface area (Å²) >= 11 is 6.17. The van der Waals surface area contributed by atoms with E-state index in [-0.39, 0.29) is 11.9 Å². The van der Waals surface area contributed by atoms with Gasteiger partial charge >= 0.3 is 0 Å². The molecule has 6 nitrogen and oxygen atoms in total. The number of pyridine rings is 1. The number of hydrogen-bond donors (Lipinski definition) is 1. The molecule has 208 valence electrons. The lowest BCUT2D eigenvalue weighted by Crippen LogP contribution is -2.50. The summed E-state index contributed by atoms with van der Waals surface area (Å²) in [7, 11) is 0. The van der Waals surface area contributed by atoms with Crippen molar-refractivity contribution in [1.82, 2.24) is 19.7 Å². The van der Waals surface area contributed by atoms with Crippen LogP contribution in [0.3, 0.4) is 0 Å². The van der Waals surface area contributed by atoms with Crippen molar-refractivity contribution in [3.05, 3.63) is 107 Å². The number of carbonyl (C=O) groups excluding carboxylic acids is 1. The summed E-state index contributed by atoms with van der Waals surface area (Å²) < 4.78 is 0. The molecule has 4 aromatic rings. The number of piperazine rings is 1. The molecular formula is C33H38ClN5O. The van der Waals surface area contributed by atoms with Crippen molar-refractivity contribution in [3.8, 4) is 0 Å². The van der Waals surface area contributed by atoms with E-state index in [9.17, 15) is 4.79 Å². The van der Waals surface area contributed by atoms with Gasteiger partial charge in [0.25, 0.3) is 0 Å². The van der Waals surface area contributed by atoms with Crippen LogP contribution in [0.2, 0.25) is 5.02 Å². The summed E-state index contributed by atoms with van der Waals surface area (Å²) in [6.07, 6.45) is 2.61. The first-order valence-corrected chi connectivity index (χ1v) is 14.6. The predicted octanol–water partition coefficient (Wildman–Crippen LogP) is 5.95. The Balaban J connectivity index is 1.34. The second-order valence-corrected chi connectivity index (χ2v) is 10.8. The maximum Gasteiger partial charge on any atom is 0.237 e. The minimum atomic E-state index is -0.143. The van der Waals surface area contributed by atoms with E-state index in [4.69, 9.17) is 11.6 Å². The van der Waals surface area contributed by atoms with Crippen LogP contribution in [0.25, 0.3) is 10.9 Å². The largest absolute Gasteiger partial charge is 0.384 e. The molecule has 1 fully saturated rings. The molecule has 0 aliphatic carbocycles. The zero-order valence-electron chi connectivity index (χ0n) is 23.2. The Bertz CT molecular complexity index is 1340. The molecule has 0 spiro atoms. The van der Waals surface area contributed by atoms with Crippen LogP contribution in [0.1, 0.15) is 30.5 Å². The van der Waals surface area contributed by atoms with Crippen LogP contribution in [0.5, 0.6) is 0 Å². The van der Waals surface area contributed by atoms with Gasteiger partial charge < -0.3 is 15.1 Å². The molecule has 1 aliphatic heterocycles. The van der Waals surface area contributed by atoms with E-state index in [2.05, 4.69) is 80.5 Å². The normalized spacial score (nSPS) is 14.5. The van der Waals surface area contributed by atoms with E-state index in [1.807, 2.05) is 36.4 Å². The van der Waals surface area contributed by atoms with E-state index < -0.39 is 0 Å². The van der Waals surface area contributed by atoms with Crippen LogP contribution in [-0.4, -0.2) is 77.9 Å². The number of benzene rings is 3. The number of carbonyl (C=O) groups is 1. The van der Waals surface area contributed by atoms with Gasteiger partial charge in [-0.3, -0.25) is 14.7 Å². The third kappa shape index (κ3) is 7.00. The highest BCUT2D eigenvalue weighted by Gasteiger charge is 2.28. The number of likely N-dealkylation sites (N-methyl/N-ethyl adjacent to an activating group) is 1. The SMILES string of the molecule is CCN1CCN(CC(=O)N(CCCNc2ccnc3cc(Cl)ccc23)C(c2ccccc2)c2ccccc2)CC1. The fraction of sp³-hybridized carbons (Fsp3) is 0.333. The molecule has 3 aromatic carbocycles. The molecule has 0 radical (unpaired) electrons. The minimum Gasteiger partial charge on any atom is -0.384 e. The Labute approximate surface area is 242 Å². The van der Waals surface area contributed by atoms with Gasteiger partial charge in [0.2, 0.25) is 5.91 Å². The Morgan fingerprint density at radius 1 is 0.925 bits per heavy atom. The van der Waals surface area contributed by atoms with Crippen molar-refractivity contribution >= 4 is 34.1 Å². The third-order valence-electron chi connectivity index (χ3n) is 7.73. The molecule has 40 heavy (non-hydrogen) atoms. The lowest BCUT2D eigenvalue weighted by molar-refractivity contribution is -0.134. The number of halogens is 1. The summed E-state index contributed by atoms with van der Waals surface area (Å²) in [5.74, 6) is 0.173. The molecule has 1 aromatic heterocycles. The molecule has 1 N–H and O–H groups in total. The van der Waals surface area contributed by atoms with Crippen molar-refractivity contribution in [1.29, 1.82) is 0 Å². The van der Waals surface area contributed by atoms with Crippen LogP contribution in [0.15, 0.2) is 91.1 Å². The van der Waals surface area contributed by atoms with Gasteiger partial charge in [0.05, 0.1) is 18.1 Å². The zero-order chi connectivity index (χ0) is 27.7. The molecule has 0 atom stereocenters. The van der Waals surface area contributed by atoms with Gasteiger partial charge in [-0.1, -0.05) is 79.2 Å². The van der Waals surface area contributed by atoms with Crippen molar-refractivity contribution in [2.45, 2.75) is 19.4 Å². The van der Waals surface area contributed by atoms with E-state index in [0.29, 0.717) is 18.1 Å². The van der Waals surface area contributed by atoms with Gasteiger partial charge in [-0.25, -0.2) is 0 Å². The highest BCUT2D eigenvalue weighted by atomic mass is 35.5. The zero-order valence-corrected chi connectivity index (χ0v) is 23.9. The fourth-order valence-electron chi connectivity index (χ4n) is 5.51. The molecule has 0 unspecified atom stereocenters. The van der Waals surface area contributed by atoms with Crippen molar-refractivity contribution in [2.75, 3.05) is 57.7 Å². The van der Waals surface area contributed by atoms with E-state index in [0.717, 1.165) is 73.4 Å². The van der Waals surface area contributed by atoms with Crippen LogP contribution in [-0.2, 0) is 4.79 Å². The summed E-state index contributed by atoms with van der Waals surface area (Å²) in [6.45, 7) is 8.96. The predicted molar refractivity (Wildman–Crippen MR) is 165 cm³/mol. The summed E-state index contributed by atoms with van der Waals surface area (Å²) in [4.78, 5) is 25.3. The number of fused-ring (bicyclic) bond motifs is 1. The monoisotopic (exact) mass is 555 g/mol. The second-order valence-electron chi connectivity index (χ2n) is 10.3. The Morgan fingerprint density at radius 2 is 1.57 bits per heavy atom. The van der Waals surface area contributed by atoms with Crippen molar-refractivity contribution in [3.63, 3.8) is 0 Å². The molecule has 1 aliphatic rings. The lowest BCUT2D eigenvalue weighted by atomic mass is 9.96. The highest BCUT2D eigenvalue weighted by Crippen LogP contribution is 2.30. The van der Waals surface area contributed by atoms with Gasteiger partial charge in [0.15, 0.2) is 0 Å². The van der Waals surface area contributed by atoms with Crippen molar-refractivity contribution in [2.24, 2.45) is 0 Å². The number of anilines is 1. The fourth-order valence-corrected chi connectivity index (χ4v) is 5.68. The van der Waals surface area contributed by atoms with Gasteiger partial charge in [-0.15, -0.1) is 0 Å². The van der Waals surface area contributed by atoms with Gasteiger partial charge in [0, 0.05) is 61.6 Å². The first kappa shape index (κ1) is 28.1. The van der Waals surface area contributed by atoms with Gasteiger partial charge in [-0.2, -0.15) is 0 Å². The Kier molecular flexibility index (Phi) is 9.66. The van der Waals surface area contributed by atoms with E-state index in [1.165, 1.54) is 0 Å². The van der Waals surface area contributed by atoms with Gasteiger partial charge in [0.1, 0.15) is 0 Å². The first-order chi connectivity index (χ1) is 19.6. The Hall–Kier alpha value is -3.45. The topological polar surface area (TPSA) is 51.7 Å². The number of aromatic nitrogens is 1. The summed E-state index contributed by atoms with van der Waals surface area (Å²) in [6, 6.07) is 28.4. The number of rotatable bonds is 11.